The van der Waals surface area contributed by atoms with E-state index < -0.39 is 0 Å². The van der Waals surface area contributed by atoms with Crippen LogP contribution in [0.25, 0.3) is 88.0 Å². The number of nitrogens with zero attached hydrogens (tertiary/aromatic N) is 1. The van der Waals surface area contributed by atoms with E-state index in [-0.39, 0.29) is 0 Å². The van der Waals surface area contributed by atoms with Crippen LogP contribution < -0.4 is 4.90 Å². The highest BCUT2D eigenvalue weighted by atomic mass is 16.3. The fraction of sp³-hybridized carbons (Fsp3) is 0. The SMILES string of the molecule is c1ccc(-c2ccc(-c3ccccc3N(c3cccc(-c4cccc5ccccc45)c3)c3ccccc3-c3ccc4oc5cc6ccccc6cc5c4c3)cc2)cc1. The fourth-order valence-electron chi connectivity index (χ4n) is 8.63. The lowest BCUT2D eigenvalue weighted by atomic mass is 9.95. The van der Waals surface area contributed by atoms with Crippen LogP contribution in [0.2, 0.25) is 0 Å². The molecule has 0 spiro atoms. The van der Waals surface area contributed by atoms with Gasteiger partial charge in [0.05, 0.1) is 11.4 Å². The Kier molecular flexibility index (Phi) is 8.19. The third-order valence-corrected chi connectivity index (χ3v) is 11.4. The topological polar surface area (TPSA) is 16.4 Å². The van der Waals surface area contributed by atoms with Gasteiger partial charge in [-0.25, -0.2) is 0 Å². The molecule has 1 aromatic heterocycles. The summed E-state index contributed by atoms with van der Waals surface area (Å²) in [5.74, 6) is 0. The van der Waals surface area contributed by atoms with Crippen molar-refractivity contribution in [1.29, 1.82) is 0 Å². The smallest absolute Gasteiger partial charge is 0.136 e. The van der Waals surface area contributed by atoms with E-state index in [1.807, 2.05) is 0 Å². The summed E-state index contributed by atoms with van der Waals surface area (Å²) in [6.45, 7) is 0. The molecule has 272 valence electrons. The molecule has 0 N–H and O–H groups in total. The molecule has 0 aliphatic heterocycles. The summed E-state index contributed by atoms with van der Waals surface area (Å²) >= 11 is 0. The number of anilines is 3. The Morgan fingerprint density at radius 1 is 0.276 bits per heavy atom. The van der Waals surface area contributed by atoms with E-state index in [9.17, 15) is 0 Å². The van der Waals surface area contributed by atoms with Crippen molar-refractivity contribution in [2.24, 2.45) is 0 Å². The maximum atomic E-state index is 6.44. The van der Waals surface area contributed by atoms with Gasteiger partial charge in [0.1, 0.15) is 11.2 Å². The van der Waals surface area contributed by atoms with Crippen molar-refractivity contribution < 1.29 is 4.42 Å². The summed E-state index contributed by atoms with van der Waals surface area (Å²) < 4.78 is 6.44. The van der Waals surface area contributed by atoms with Gasteiger partial charge in [0, 0.05) is 27.6 Å². The van der Waals surface area contributed by atoms with Gasteiger partial charge in [0.2, 0.25) is 0 Å². The maximum absolute atomic E-state index is 6.44. The third-order valence-electron chi connectivity index (χ3n) is 11.4. The molecule has 0 bridgehead atoms. The quantitative estimate of drug-likeness (QED) is 0.162. The van der Waals surface area contributed by atoms with Crippen LogP contribution >= 0.6 is 0 Å². The molecule has 0 unspecified atom stereocenters. The summed E-state index contributed by atoms with van der Waals surface area (Å²) in [4.78, 5) is 2.44. The molecule has 0 aliphatic rings. The van der Waals surface area contributed by atoms with Crippen molar-refractivity contribution in [3.63, 3.8) is 0 Å². The fourth-order valence-corrected chi connectivity index (χ4v) is 8.63. The van der Waals surface area contributed by atoms with Gasteiger partial charge in [0.25, 0.3) is 0 Å². The molecular formula is C56H37NO. The zero-order chi connectivity index (χ0) is 38.4. The Bertz CT molecular complexity index is 3280. The van der Waals surface area contributed by atoms with E-state index >= 15 is 0 Å². The number of hydrogen-bond donors (Lipinski definition) is 0. The number of fused-ring (bicyclic) bond motifs is 5. The molecule has 0 radical (unpaired) electrons. The van der Waals surface area contributed by atoms with Crippen LogP contribution in [0.5, 0.6) is 0 Å². The summed E-state index contributed by atoms with van der Waals surface area (Å²) in [7, 11) is 0. The molecular weight excluding hydrogens is 703 g/mol. The summed E-state index contributed by atoms with van der Waals surface area (Å²) in [6.07, 6.45) is 0. The van der Waals surface area contributed by atoms with Gasteiger partial charge in [-0.2, -0.15) is 0 Å². The second-order valence-electron chi connectivity index (χ2n) is 14.9. The third kappa shape index (κ3) is 5.91. The second-order valence-corrected chi connectivity index (χ2v) is 14.9. The minimum atomic E-state index is 0.885. The van der Waals surface area contributed by atoms with Crippen LogP contribution in [0, 0.1) is 0 Å². The molecule has 11 aromatic rings. The van der Waals surface area contributed by atoms with Gasteiger partial charge < -0.3 is 9.32 Å². The van der Waals surface area contributed by atoms with Crippen LogP contribution in [0.3, 0.4) is 0 Å². The minimum Gasteiger partial charge on any atom is -0.456 e. The van der Waals surface area contributed by atoms with Gasteiger partial charge in [-0.15, -0.1) is 0 Å². The standard InChI is InChI=1S/C56H37NO/c1-2-14-38(15-3-1)39-28-30-41(31-29-39)49-23-8-10-26-53(49)57(46-21-12-20-44(34-46)48-25-13-19-40-16-6-7-22-47(40)48)54-27-11-9-24-50(54)45-32-33-55-51(36-45)52-35-42-17-4-5-18-43(42)37-56(52)58-55/h1-37H. The average Bonchev–Trinajstić information content (AvgIpc) is 3.65. The van der Waals surface area contributed by atoms with E-state index in [1.165, 1.54) is 43.8 Å². The largest absolute Gasteiger partial charge is 0.456 e. The zero-order valence-corrected chi connectivity index (χ0v) is 31.7. The van der Waals surface area contributed by atoms with Crippen LogP contribution in [-0.4, -0.2) is 0 Å². The second kappa shape index (κ2) is 14.1. The first-order valence-corrected chi connectivity index (χ1v) is 19.8. The van der Waals surface area contributed by atoms with Gasteiger partial charge in [0.15, 0.2) is 0 Å². The predicted molar refractivity (Wildman–Crippen MR) is 245 cm³/mol. The molecule has 2 nitrogen and oxygen atoms in total. The predicted octanol–water partition coefficient (Wildman–Crippen LogP) is 16.0. The highest BCUT2D eigenvalue weighted by molar-refractivity contribution is 6.11. The first-order chi connectivity index (χ1) is 28.7. The number of rotatable bonds is 7. The Morgan fingerprint density at radius 3 is 1.59 bits per heavy atom. The van der Waals surface area contributed by atoms with E-state index in [2.05, 4.69) is 229 Å². The van der Waals surface area contributed by atoms with Crippen molar-refractivity contribution in [3.05, 3.63) is 224 Å². The Labute approximate surface area is 337 Å². The van der Waals surface area contributed by atoms with Crippen molar-refractivity contribution in [2.45, 2.75) is 0 Å². The van der Waals surface area contributed by atoms with Crippen LogP contribution in [0.4, 0.5) is 17.1 Å². The molecule has 10 aromatic carbocycles. The Balaban J connectivity index is 1.11. The number of hydrogen-bond acceptors (Lipinski definition) is 2. The highest BCUT2D eigenvalue weighted by Crippen LogP contribution is 2.46. The number of benzene rings is 10. The minimum absolute atomic E-state index is 0.885. The van der Waals surface area contributed by atoms with Crippen molar-refractivity contribution in [3.8, 4) is 44.5 Å². The molecule has 58 heavy (non-hydrogen) atoms. The average molecular weight is 740 g/mol. The molecule has 0 amide bonds. The molecule has 1 heterocycles. The molecule has 0 aliphatic carbocycles. The van der Waals surface area contributed by atoms with Crippen molar-refractivity contribution in [2.75, 3.05) is 4.90 Å². The zero-order valence-electron chi connectivity index (χ0n) is 31.7. The highest BCUT2D eigenvalue weighted by Gasteiger charge is 2.22. The van der Waals surface area contributed by atoms with Gasteiger partial charge in [-0.05, 0) is 103 Å². The van der Waals surface area contributed by atoms with Crippen LogP contribution in [0.1, 0.15) is 0 Å². The van der Waals surface area contributed by atoms with Crippen LogP contribution in [-0.2, 0) is 0 Å². The van der Waals surface area contributed by atoms with Crippen molar-refractivity contribution >= 4 is 60.5 Å². The molecule has 0 saturated heterocycles. The van der Waals surface area contributed by atoms with E-state index in [4.69, 9.17) is 4.42 Å². The lowest BCUT2D eigenvalue weighted by Crippen LogP contribution is -2.12. The summed E-state index contributed by atoms with van der Waals surface area (Å²) in [5, 5.41) is 7.07. The van der Waals surface area contributed by atoms with E-state index in [1.54, 1.807) is 0 Å². The van der Waals surface area contributed by atoms with Gasteiger partial charge in [-0.1, -0.05) is 176 Å². The molecule has 0 saturated carbocycles. The van der Waals surface area contributed by atoms with E-state index in [0.717, 1.165) is 61.3 Å². The van der Waals surface area contributed by atoms with Crippen molar-refractivity contribution in [1.82, 2.24) is 0 Å². The first-order valence-electron chi connectivity index (χ1n) is 19.8. The normalized spacial score (nSPS) is 11.4. The Hall–Kier alpha value is -7.68. The molecule has 0 fully saturated rings. The number of furan rings is 1. The van der Waals surface area contributed by atoms with Gasteiger partial charge >= 0.3 is 0 Å². The maximum Gasteiger partial charge on any atom is 0.136 e. The molecule has 11 rings (SSSR count). The van der Waals surface area contributed by atoms with Gasteiger partial charge in [-0.3, -0.25) is 0 Å². The number of para-hydroxylation sites is 2. The summed E-state index contributed by atoms with van der Waals surface area (Å²) in [5.41, 5.74) is 14.4. The molecule has 2 heteroatoms. The Morgan fingerprint density at radius 2 is 0.793 bits per heavy atom. The van der Waals surface area contributed by atoms with Crippen LogP contribution in [0.15, 0.2) is 229 Å². The van der Waals surface area contributed by atoms with E-state index in [0.29, 0.717) is 0 Å². The summed E-state index contributed by atoms with van der Waals surface area (Å²) in [6, 6.07) is 80.8. The first kappa shape index (κ1) is 33.6. The lowest BCUT2D eigenvalue weighted by Gasteiger charge is -2.30. The molecule has 0 atom stereocenters. The monoisotopic (exact) mass is 739 g/mol. The lowest BCUT2D eigenvalue weighted by molar-refractivity contribution is 0.669.